The molecule has 10 nitrogen and oxygen atoms in total. The Morgan fingerprint density at radius 3 is 2.61 bits per heavy atom. The van der Waals surface area contributed by atoms with Gasteiger partial charge in [-0.2, -0.15) is 4.98 Å². The molecule has 1 aromatic carbocycles. The molecule has 3 unspecified atom stereocenters. The Balaban J connectivity index is 1.61. The van der Waals surface area contributed by atoms with Crippen LogP contribution in [0.5, 0.6) is 0 Å². The van der Waals surface area contributed by atoms with Crippen LogP contribution in [0.3, 0.4) is 0 Å². The van der Waals surface area contributed by atoms with Crippen molar-refractivity contribution >= 4 is 27.6 Å². The third-order valence-corrected chi connectivity index (χ3v) is 6.69. The van der Waals surface area contributed by atoms with E-state index in [1.165, 1.54) is 12.1 Å². The molecule has 4 rings (SSSR count). The molecule has 0 aliphatic carbocycles. The van der Waals surface area contributed by atoms with Gasteiger partial charge in [0.1, 0.15) is 17.5 Å². The number of hydrogen-bond acceptors (Lipinski definition) is 9. The smallest absolute Gasteiger partial charge is 0.225 e. The number of benzene rings is 1. The van der Waals surface area contributed by atoms with Crippen LogP contribution in [0.25, 0.3) is 0 Å². The first-order valence-corrected chi connectivity index (χ1v) is 12.2. The van der Waals surface area contributed by atoms with Crippen LogP contribution in [0.15, 0.2) is 48.9 Å². The number of nitrogens with one attached hydrogen (secondary N) is 4. The molecule has 1 aliphatic heterocycles. The number of halogens is 1. The zero-order valence-corrected chi connectivity index (χ0v) is 19.0. The van der Waals surface area contributed by atoms with Gasteiger partial charge in [-0.15, -0.1) is 0 Å². The molecule has 1 saturated heterocycles. The lowest BCUT2D eigenvalue weighted by Crippen LogP contribution is -2.59. The summed E-state index contributed by atoms with van der Waals surface area (Å²) in [6.45, 7) is 4.00. The van der Waals surface area contributed by atoms with Gasteiger partial charge in [-0.1, -0.05) is 12.1 Å². The minimum Gasteiger partial charge on any atom is -0.348 e. The van der Waals surface area contributed by atoms with Gasteiger partial charge in [0.2, 0.25) is 16.0 Å². The van der Waals surface area contributed by atoms with Crippen molar-refractivity contribution in [1.29, 1.82) is 0 Å². The molecule has 1 fully saturated rings. The number of nitrogens with zero attached hydrogens (tertiary/aromatic N) is 4. The highest BCUT2D eigenvalue weighted by atomic mass is 32.2. The second-order valence-corrected chi connectivity index (χ2v) is 9.69. The molecule has 0 amide bonds. The zero-order valence-electron chi connectivity index (χ0n) is 18.2. The van der Waals surface area contributed by atoms with Crippen molar-refractivity contribution in [1.82, 2.24) is 30.0 Å². The second kappa shape index (κ2) is 9.73. The van der Waals surface area contributed by atoms with Crippen molar-refractivity contribution in [3.05, 3.63) is 66.0 Å². The highest BCUT2D eigenvalue weighted by molar-refractivity contribution is 7.89. The van der Waals surface area contributed by atoms with Crippen LogP contribution in [-0.4, -0.2) is 46.7 Å². The molecule has 0 saturated carbocycles. The third-order valence-electron chi connectivity index (χ3n) is 5.27. The maximum Gasteiger partial charge on any atom is 0.225 e. The van der Waals surface area contributed by atoms with E-state index in [0.29, 0.717) is 29.8 Å². The Bertz CT molecular complexity index is 1190. The first-order chi connectivity index (χ1) is 15.8. The normalized spacial score (nSPS) is 18.9. The maximum atomic E-state index is 13.3. The lowest BCUT2D eigenvalue weighted by atomic mass is 9.97. The number of sulfonamides is 1. The Labute approximate surface area is 191 Å². The Hall–Kier alpha value is -3.22. The van der Waals surface area contributed by atoms with Gasteiger partial charge in [0.15, 0.2) is 0 Å². The Kier molecular flexibility index (Phi) is 6.77. The summed E-state index contributed by atoms with van der Waals surface area (Å²) in [6.07, 6.45) is 4.69. The summed E-state index contributed by atoms with van der Waals surface area (Å²) in [7, 11) is -3.36. The van der Waals surface area contributed by atoms with Crippen molar-refractivity contribution in [3.63, 3.8) is 0 Å². The molecule has 0 bridgehead atoms. The molecule has 174 valence electrons. The summed E-state index contributed by atoms with van der Waals surface area (Å²) in [4.78, 5) is 17.4. The van der Waals surface area contributed by atoms with Crippen molar-refractivity contribution in [3.8, 4) is 0 Å². The quantitative estimate of drug-likeness (QED) is 0.370. The van der Waals surface area contributed by atoms with E-state index in [0.717, 1.165) is 5.56 Å². The molecule has 33 heavy (non-hydrogen) atoms. The van der Waals surface area contributed by atoms with Crippen LogP contribution in [-0.2, 0) is 10.0 Å². The van der Waals surface area contributed by atoms with Crippen molar-refractivity contribution in [2.24, 2.45) is 0 Å². The molecule has 12 heteroatoms. The molecule has 0 spiro atoms. The number of hydrogen-bond donors (Lipinski definition) is 4. The van der Waals surface area contributed by atoms with Crippen LogP contribution in [0.4, 0.5) is 22.0 Å². The number of aromatic nitrogens is 4. The average Bonchev–Trinajstić information content (AvgIpc) is 2.78. The predicted molar refractivity (Wildman–Crippen MR) is 123 cm³/mol. The summed E-state index contributed by atoms with van der Waals surface area (Å²) in [5, 5.41) is 9.56. The zero-order chi connectivity index (χ0) is 23.4. The molecular weight excluding hydrogens is 447 g/mol. The minimum atomic E-state index is -3.36. The van der Waals surface area contributed by atoms with Crippen molar-refractivity contribution in [2.75, 3.05) is 22.9 Å². The van der Waals surface area contributed by atoms with Gasteiger partial charge >= 0.3 is 0 Å². The van der Waals surface area contributed by atoms with E-state index < -0.39 is 10.0 Å². The van der Waals surface area contributed by atoms with E-state index >= 15 is 0 Å². The van der Waals surface area contributed by atoms with E-state index in [1.807, 2.05) is 6.92 Å². The highest BCUT2D eigenvalue weighted by Gasteiger charge is 2.36. The van der Waals surface area contributed by atoms with E-state index in [-0.39, 0.29) is 29.7 Å². The summed E-state index contributed by atoms with van der Waals surface area (Å²) < 4.78 is 40.1. The number of anilines is 3. The van der Waals surface area contributed by atoms with Gasteiger partial charge in [-0.3, -0.25) is 4.98 Å². The largest absolute Gasteiger partial charge is 0.348 e. The molecule has 4 N–H and O–H groups in total. The SMILES string of the molecule is CCS(=O)(=O)NC1CNC1c1cc(Nc2cnccn2)nc(NC(C)c2ccc(F)cc2)n1. The summed E-state index contributed by atoms with van der Waals surface area (Å²) >= 11 is 0. The van der Waals surface area contributed by atoms with Gasteiger partial charge in [-0.05, 0) is 31.5 Å². The maximum absolute atomic E-state index is 13.3. The predicted octanol–water partition coefficient (Wildman–Crippen LogP) is 2.27. The first kappa shape index (κ1) is 23.0. The molecule has 3 heterocycles. The van der Waals surface area contributed by atoms with Crippen LogP contribution in [0, 0.1) is 5.82 Å². The first-order valence-electron chi connectivity index (χ1n) is 10.5. The highest BCUT2D eigenvalue weighted by Crippen LogP contribution is 2.27. The fourth-order valence-electron chi connectivity index (χ4n) is 3.37. The van der Waals surface area contributed by atoms with Crippen molar-refractivity contribution < 1.29 is 12.8 Å². The van der Waals surface area contributed by atoms with E-state index in [1.54, 1.807) is 43.7 Å². The standard InChI is InChI=1S/C21H25FN8O2S/c1-3-33(31,32)30-17-11-25-20(17)16-10-18(28-19-12-23-8-9-24-19)29-21(27-16)26-13(2)14-4-6-15(22)7-5-14/h4-10,12-13,17,20,25,30H,3,11H2,1-2H3,(H2,24,26,27,28,29). The fraction of sp³-hybridized carbons (Fsp3) is 0.333. The summed E-state index contributed by atoms with van der Waals surface area (Å²) in [5.41, 5.74) is 1.48. The summed E-state index contributed by atoms with van der Waals surface area (Å²) in [5.74, 6) is 1.00. The monoisotopic (exact) mass is 472 g/mol. The van der Waals surface area contributed by atoms with Crippen LogP contribution in [0.2, 0.25) is 0 Å². The third kappa shape index (κ3) is 5.78. The molecule has 1 aliphatic rings. The average molecular weight is 473 g/mol. The molecule has 0 radical (unpaired) electrons. The van der Waals surface area contributed by atoms with Crippen molar-refractivity contribution in [2.45, 2.75) is 32.0 Å². The van der Waals surface area contributed by atoms with Crippen LogP contribution < -0.4 is 20.7 Å². The van der Waals surface area contributed by atoms with Gasteiger partial charge < -0.3 is 16.0 Å². The number of rotatable bonds is 9. The topological polar surface area (TPSA) is 134 Å². The lowest BCUT2D eigenvalue weighted by Gasteiger charge is -2.38. The molecular formula is C21H25FN8O2S. The van der Waals surface area contributed by atoms with Gasteiger partial charge in [0, 0.05) is 25.0 Å². The minimum absolute atomic E-state index is 0.00145. The van der Waals surface area contributed by atoms with Gasteiger partial charge in [0.05, 0.1) is 35.8 Å². The molecule has 2 aromatic heterocycles. The van der Waals surface area contributed by atoms with Gasteiger partial charge in [0.25, 0.3) is 0 Å². The Morgan fingerprint density at radius 2 is 1.97 bits per heavy atom. The molecule has 3 atom stereocenters. The van der Waals surface area contributed by atoms with Gasteiger partial charge in [-0.25, -0.2) is 27.5 Å². The lowest BCUT2D eigenvalue weighted by molar-refractivity contribution is 0.291. The summed E-state index contributed by atoms with van der Waals surface area (Å²) in [6, 6.07) is 7.08. The van der Waals surface area contributed by atoms with Crippen LogP contribution >= 0.6 is 0 Å². The van der Waals surface area contributed by atoms with E-state index in [9.17, 15) is 12.8 Å². The fourth-order valence-corrected chi connectivity index (χ4v) is 4.21. The van der Waals surface area contributed by atoms with E-state index in [2.05, 4.69) is 40.6 Å². The van der Waals surface area contributed by atoms with Crippen LogP contribution in [0.1, 0.15) is 37.2 Å². The van der Waals surface area contributed by atoms with E-state index in [4.69, 9.17) is 0 Å². The Morgan fingerprint density at radius 1 is 1.18 bits per heavy atom. The molecule has 3 aromatic rings. The second-order valence-electron chi connectivity index (χ2n) is 7.65.